The molecule has 37 heavy (non-hydrogen) atoms. The summed E-state index contributed by atoms with van der Waals surface area (Å²) in [5, 5.41) is 5.26. The van der Waals surface area contributed by atoms with Gasteiger partial charge in [0, 0.05) is 30.6 Å². The van der Waals surface area contributed by atoms with Crippen molar-refractivity contribution in [1.82, 2.24) is 15.3 Å². The van der Waals surface area contributed by atoms with Gasteiger partial charge in [0.15, 0.2) is 5.84 Å². The highest BCUT2D eigenvalue weighted by molar-refractivity contribution is 6.13. The summed E-state index contributed by atoms with van der Waals surface area (Å²) in [5.74, 6) is -5.49. The zero-order valence-corrected chi connectivity index (χ0v) is 18.8. The first kappa shape index (κ1) is 25.3. The van der Waals surface area contributed by atoms with Gasteiger partial charge in [-0.15, -0.1) is 0 Å². The van der Waals surface area contributed by atoms with E-state index >= 15 is 0 Å². The largest absolute Gasteiger partial charge is 0.433 e. The second-order valence-electron chi connectivity index (χ2n) is 9.60. The van der Waals surface area contributed by atoms with Crippen molar-refractivity contribution < 1.29 is 35.1 Å². The third kappa shape index (κ3) is 4.95. The maximum absolute atomic E-state index is 13.5. The van der Waals surface area contributed by atoms with Gasteiger partial charge >= 0.3 is 12.4 Å². The van der Waals surface area contributed by atoms with Crippen LogP contribution in [0.1, 0.15) is 42.8 Å². The van der Waals surface area contributed by atoms with Gasteiger partial charge in [-0.2, -0.15) is 26.3 Å². The van der Waals surface area contributed by atoms with Gasteiger partial charge in [-0.05, 0) is 42.5 Å². The van der Waals surface area contributed by atoms with Gasteiger partial charge in [0.25, 0.3) is 0 Å². The van der Waals surface area contributed by atoms with E-state index in [0.29, 0.717) is 6.07 Å². The number of rotatable bonds is 3. The van der Waals surface area contributed by atoms with Crippen LogP contribution in [-0.2, 0) is 12.4 Å². The predicted molar refractivity (Wildman–Crippen MR) is 115 cm³/mol. The minimum Gasteiger partial charge on any atom is -0.326 e. The molecule has 1 unspecified atom stereocenters. The Kier molecular flexibility index (Phi) is 5.52. The number of alkyl halides is 8. The number of amidine groups is 1. The van der Waals surface area contributed by atoms with Gasteiger partial charge in [-0.25, -0.2) is 23.7 Å². The van der Waals surface area contributed by atoms with Gasteiger partial charge in [-0.3, -0.25) is 10.7 Å². The Labute approximate surface area is 204 Å². The van der Waals surface area contributed by atoms with Gasteiger partial charge in [-0.1, -0.05) is 6.07 Å². The SMILES string of the molecule is NC1(C2CC3(C2)CC(F)(F)C3)N=C(Nc2ccnc(C(F)(F)F)c2)NC(c2cccc(C(F)(F)F)n2)=N1. The molecule has 5 rings (SSSR count). The molecular formula is C22H19F8N7. The van der Waals surface area contributed by atoms with Crippen LogP contribution in [0.5, 0.6) is 0 Å². The monoisotopic (exact) mass is 533 g/mol. The molecule has 2 aliphatic carbocycles. The van der Waals surface area contributed by atoms with Gasteiger partial charge in [0.1, 0.15) is 17.1 Å². The number of nitrogens with two attached hydrogens (primary N) is 1. The summed E-state index contributed by atoms with van der Waals surface area (Å²) >= 11 is 0. The standard InChI is InChI=1S/C22H19F8N7/c23-19(24)9-18(10-19)7-11(8-18)22(31)36-16(13-2-1-3-14(34-13)20(25,26)27)35-17(37-22)33-12-4-5-32-15(6-12)21(28,29)30/h1-6,11H,7-10,31H2,(H2,32,33,35,36,37). The van der Waals surface area contributed by atoms with Crippen LogP contribution in [0.25, 0.3) is 0 Å². The number of halogens is 8. The quantitative estimate of drug-likeness (QED) is 0.494. The van der Waals surface area contributed by atoms with Crippen LogP contribution in [0.15, 0.2) is 46.5 Å². The fraction of sp³-hybridized carbons (Fsp3) is 0.455. The summed E-state index contributed by atoms with van der Waals surface area (Å²) in [6, 6.07) is 5.05. The van der Waals surface area contributed by atoms with Crippen LogP contribution >= 0.6 is 0 Å². The first-order chi connectivity index (χ1) is 17.1. The third-order valence-electron chi connectivity index (χ3n) is 6.64. The number of nitrogens with zero attached hydrogens (tertiary/aromatic N) is 4. The molecule has 3 heterocycles. The molecule has 2 saturated carbocycles. The smallest absolute Gasteiger partial charge is 0.326 e. The molecule has 4 N–H and O–H groups in total. The topological polar surface area (TPSA) is 101 Å². The number of anilines is 1. The Balaban J connectivity index is 1.47. The maximum atomic E-state index is 13.5. The molecule has 1 spiro atoms. The number of aromatic nitrogens is 2. The molecule has 0 radical (unpaired) electrons. The van der Waals surface area contributed by atoms with Crippen LogP contribution in [0.2, 0.25) is 0 Å². The molecule has 2 aromatic heterocycles. The minimum atomic E-state index is -4.75. The Morgan fingerprint density at radius 2 is 1.62 bits per heavy atom. The molecular weight excluding hydrogens is 514 g/mol. The molecule has 0 saturated heterocycles. The molecule has 2 fully saturated rings. The van der Waals surface area contributed by atoms with Gasteiger partial charge < -0.3 is 10.6 Å². The van der Waals surface area contributed by atoms with E-state index < -0.39 is 46.8 Å². The van der Waals surface area contributed by atoms with Crippen molar-refractivity contribution in [2.45, 2.75) is 49.7 Å². The highest BCUT2D eigenvalue weighted by Gasteiger charge is 2.65. The van der Waals surface area contributed by atoms with E-state index in [0.717, 1.165) is 18.3 Å². The lowest BCUT2D eigenvalue weighted by Crippen LogP contribution is -2.62. The van der Waals surface area contributed by atoms with Crippen molar-refractivity contribution in [2.75, 3.05) is 5.32 Å². The van der Waals surface area contributed by atoms with Crippen LogP contribution in [-0.4, -0.2) is 33.5 Å². The van der Waals surface area contributed by atoms with E-state index in [2.05, 4.69) is 30.6 Å². The van der Waals surface area contributed by atoms with E-state index in [-0.39, 0.29) is 48.9 Å². The molecule has 0 aromatic carbocycles. The minimum absolute atomic E-state index is 0.0853. The Morgan fingerprint density at radius 3 is 2.24 bits per heavy atom. The van der Waals surface area contributed by atoms with Crippen molar-refractivity contribution in [1.29, 1.82) is 0 Å². The van der Waals surface area contributed by atoms with Crippen molar-refractivity contribution in [3.05, 3.63) is 53.6 Å². The zero-order chi connectivity index (χ0) is 26.9. The fourth-order valence-electron chi connectivity index (χ4n) is 5.06. The Hall–Kier alpha value is -3.36. The summed E-state index contributed by atoms with van der Waals surface area (Å²) in [5.41, 5.74) is 3.13. The normalized spacial score (nSPS) is 24.9. The van der Waals surface area contributed by atoms with Crippen LogP contribution in [0.3, 0.4) is 0 Å². The van der Waals surface area contributed by atoms with Gasteiger partial charge in [0.2, 0.25) is 17.7 Å². The lowest BCUT2D eigenvalue weighted by Gasteiger charge is -2.59. The number of pyridine rings is 2. The zero-order valence-electron chi connectivity index (χ0n) is 18.8. The lowest BCUT2D eigenvalue weighted by atomic mass is 9.49. The van der Waals surface area contributed by atoms with Gasteiger partial charge in [0.05, 0.1) is 0 Å². The first-order valence-corrected chi connectivity index (χ1v) is 11.0. The maximum Gasteiger partial charge on any atom is 0.433 e. The second-order valence-corrected chi connectivity index (χ2v) is 9.60. The van der Waals surface area contributed by atoms with E-state index in [9.17, 15) is 35.1 Å². The fourth-order valence-corrected chi connectivity index (χ4v) is 5.06. The highest BCUT2D eigenvalue weighted by Crippen LogP contribution is 2.66. The highest BCUT2D eigenvalue weighted by atomic mass is 19.4. The van der Waals surface area contributed by atoms with E-state index in [1.807, 2.05) is 0 Å². The summed E-state index contributed by atoms with van der Waals surface area (Å²) < 4.78 is 106. The Morgan fingerprint density at radius 1 is 0.946 bits per heavy atom. The molecule has 1 atom stereocenters. The van der Waals surface area contributed by atoms with Crippen LogP contribution < -0.4 is 16.4 Å². The molecule has 198 valence electrons. The average Bonchev–Trinajstić information content (AvgIpc) is 2.74. The molecule has 1 aliphatic heterocycles. The molecule has 0 amide bonds. The summed E-state index contributed by atoms with van der Waals surface area (Å²) in [6.45, 7) is 0. The van der Waals surface area contributed by atoms with Crippen LogP contribution in [0.4, 0.5) is 40.8 Å². The van der Waals surface area contributed by atoms with Crippen molar-refractivity contribution >= 4 is 17.5 Å². The Bertz CT molecular complexity index is 1270. The van der Waals surface area contributed by atoms with Crippen LogP contribution in [0, 0.1) is 11.3 Å². The predicted octanol–water partition coefficient (Wildman–Crippen LogP) is 4.77. The second kappa shape index (κ2) is 8.07. The van der Waals surface area contributed by atoms with Crippen molar-refractivity contribution in [3.8, 4) is 0 Å². The van der Waals surface area contributed by atoms with Crippen molar-refractivity contribution in [2.24, 2.45) is 27.1 Å². The summed E-state index contributed by atoms with van der Waals surface area (Å²) in [4.78, 5) is 15.4. The van der Waals surface area contributed by atoms with E-state index in [1.54, 1.807) is 0 Å². The lowest BCUT2D eigenvalue weighted by molar-refractivity contribution is -0.214. The average molecular weight is 533 g/mol. The molecule has 3 aliphatic rings. The summed E-state index contributed by atoms with van der Waals surface area (Å²) in [7, 11) is 0. The number of hydrogen-bond acceptors (Lipinski definition) is 7. The molecule has 0 bridgehead atoms. The summed E-state index contributed by atoms with van der Waals surface area (Å²) in [6.07, 6.45) is -8.64. The molecule has 2 aromatic rings. The van der Waals surface area contributed by atoms with E-state index in [1.165, 1.54) is 12.1 Å². The number of hydrogen-bond donors (Lipinski definition) is 3. The molecule has 15 heteroatoms. The molecule has 7 nitrogen and oxygen atoms in total. The first-order valence-electron chi connectivity index (χ1n) is 11.0. The number of aliphatic imine (C=N–C) groups is 2. The number of guanidine groups is 1. The van der Waals surface area contributed by atoms with Crippen molar-refractivity contribution in [3.63, 3.8) is 0 Å². The third-order valence-corrected chi connectivity index (χ3v) is 6.64. The number of nitrogens with one attached hydrogen (secondary N) is 2. The van der Waals surface area contributed by atoms with E-state index in [4.69, 9.17) is 5.73 Å².